The molecule has 2 aliphatic heterocycles. The maximum Gasteiger partial charge on any atom is 0.236 e. The number of nitrogens with one attached hydrogen (secondary N) is 2. The molecule has 0 unspecified atom stereocenters. The first-order valence-corrected chi connectivity index (χ1v) is 11.1. The summed E-state index contributed by atoms with van der Waals surface area (Å²) >= 11 is 5.64. The predicted octanol–water partition coefficient (Wildman–Crippen LogP) is 2.58. The highest BCUT2D eigenvalue weighted by atomic mass is 32.2. The quantitative estimate of drug-likeness (QED) is 0.784. The molecular formula is C14H12N6O2S4. The summed E-state index contributed by atoms with van der Waals surface area (Å²) in [6.07, 6.45) is 0. The van der Waals surface area contributed by atoms with Gasteiger partial charge in [-0.2, -0.15) is 9.98 Å². The SMILES string of the molecule is Cc1sc(/N=C2/NC(=O)CS2)nc1-c1nc(/N=C2/NC(=O)CS2)sc1C. The lowest BCUT2D eigenvalue weighted by Crippen LogP contribution is -2.19. The lowest BCUT2D eigenvalue weighted by molar-refractivity contribution is -0.117. The van der Waals surface area contributed by atoms with E-state index in [2.05, 4.69) is 30.6 Å². The number of carbonyl (C=O) groups excluding carboxylic acids is 2. The third-order valence-corrected chi connectivity index (χ3v) is 6.84. The van der Waals surface area contributed by atoms with Gasteiger partial charge in [-0.05, 0) is 13.8 Å². The minimum Gasteiger partial charge on any atom is -0.304 e. The zero-order valence-electron chi connectivity index (χ0n) is 13.7. The molecule has 2 saturated heterocycles. The van der Waals surface area contributed by atoms with Gasteiger partial charge in [0.1, 0.15) is 11.4 Å². The predicted molar refractivity (Wildman–Crippen MR) is 108 cm³/mol. The van der Waals surface area contributed by atoms with Crippen molar-refractivity contribution in [1.29, 1.82) is 0 Å². The fourth-order valence-corrected chi connectivity index (χ4v) is 5.29. The first-order chi connectivity index (χ1) is 12.5. The van der Waals surface area contributed by atoms with Crippen LogP contribution in [0.5, 0.6) is 0 Å². The van der Waals surface area contributed by atoms with Crippen molar-refractivity contribution < 1.29 is 9.59 Å². The van der Waals surface area contributed by atoms with Crippen molar-refractivity contribution in [3.8, 4) is 11.4 Å². The van der Waals surface area contributed by atoms with E-state index in [-0.39, 0.29) is 11.8 Å². The van der Waals surface area contributed by atoms with Crippen LogP contribution in [0, 0.1) is 13.8 Å². The highest BCUT2D eigenvalue weighted by Gasteiger charge is 2.21. The molecule has 134 valence electrons. The number of hydrogen-bond acceptors (Lipinski definition) is 10. The number of aliphatic imine (C=N–C) groups is 2. The van der Waals surface area contributed by atoms with Crippen LogP contribution in [0.15, 0.2) is 9.98 Å². The molecule has 2 fully saturated rings. The molecule has 2 aliphatic rings. The van der Waals surface area contributed by atoms with Crippen molar-refractivity contribution in [3.63, 3.8) is 0 Å². The van der Waals surface area contributed by atoms with Gasteiger partial charge in [-0.25, -0.2) is 9.97 Å². The fraction of sp³-hybridized carbons (Fsp3) is 0.286. The standard InChI is InChI=1S/C14H12N6O2S4/c1-5-9(17-13(25-5)19-11-15-7(21)3-23-11)10-6(2)26-14(18-10)20-12-16-8(22)4-24-12/h3-4H2,1-2H3,(H,15,17,19,21)(H,16,18,20,22). The Bertz CT molecular complexity index is 898. The number of thiazole rings is 2. The summed E-state index contributed by atoms with van der Waals surface area (Å²) in [4.78, 5) is 42.5. The first-order valence-electron chi connectivity index (χ1n) is 7.46. The van der Waals surface area contributed by atoms with Crippen molar-refractivity contribution in [2.45, 2.75) is 13.8 Å². The Hall–Kier alpha value is -1.76. The lowest BCUT2D eigenvalue weighted by Gasteiger charge is -1.94. The maximum atomic E-state index is 11.3. The van der Waals surface area contributed by atoms with Gasteiger partial charge in [0.2, 0.25) is 22.1 Å². The number of carbonyl (C=O) groups is 2. The van der Waals surface area contributed by atoms with E-state index in [4.69, 9.17) is 0 Å². The molecule has 8 nitrogen and oxygen atoms in total. The number of rotatable bonds is 3. The zero-order valence-corrected chi connectivity index (χ0v) is 16.9. The highest BCUT2D eigenvalue weighted by molar-refractivity contribution is 8.15. The van der Waals surface area contributed by atoms with Gasteiger partial charge in [-0.3, -0.25) is 9.59 Å². The number of aromatic nitrogens is 2. The molecule has 2 N–H and O–H groups in total. The van der Waals surface area contributed by atoms with Gasteiger partial charge in [0, 0.05) is 9.75 Å². The van der Waals surface area contributed by atoms with Crippen LogP contribution in [0.3, 0.4) is 0 Å². The summed E-state index contributed by atoms with van der Waals surface area (Å²) in [7, 11) is 0. The van der Waals surface area contributed by atoms with Gasteiger partial charge >= 0.3 is 0 Å². The molecule has 4 heterocycles. The number of thioether (sulfide) groups is 2. The smallest absolute Gasteiger partial charge is 0.236 e. The lowest BCUT2D eigenvalue weighted by atomic mass is 10.2. The molecule has 26 heavy (non-hydrogen) atoms. The average Bonchev–Trinajstić information content (AvgIpc) is 3.32. The summed E-state index contributed by atoms with van der Waals surface area (Å²) in [5.74, 6) is 0.690. The third-order valence-electron chi connectivity index (χ3n) is 3.36. The molecule has 2 aromatic rings. The largest absolute Gasteiger partial charge is 0.304 e. The van der Waals surface area contributed by atoms with Crippen LogP contribution < -0.4 is 10.6 Å². The molecule has 0 spiro atoms. The molecule has 0 aliphatic carbocycles. The summed E-state index contributed by atoms with van der Waals surface area (Å²) in [5.41, 5.74) is 1.54. The fourth-order valence-electron chi connectivity index (χ4n) is 2.24. The van der Waals surface area contributed by atoms with Gasteiger partial charge in [-0.1, -0.05) is 46.2 Å². The van der Waals surface area contributed by atoms with E-state index in [9.17, 15) is 9.59 Å². The minimum atomic E-state index is -0.0433. The Labute approximate surface area is 165 Å². The maximum absolute atomic E-state index is 11.3. The van der Waals surface area contributed by atoms with Crippen molar-refractivity contribution >= 4 is 78.6 Å². The van der Waals surface area contributed by atoms with Crippen LogP contribution >= 0.6 is 46.2 Å². The molecule has 2 amide bonds. The molecule has 0 aromatic carbocycles. The number of amides is 2. The van der Waals surface area contributed by atoms with Gasteiger partial charge in [0.05, 0.1) is 11.5 Å². The van der Waals surface area contributed by atoms with E-state index in [1.54, 1.807) is 0 Å². The van der Waals surface area contributed by atoms with Crippen LogP contribution in [0.1, 0.15) is 9.75 Å². The summed E-state index contributed by atoms with van der Waals surface area (Å²) in [6, 6.07) is 0. The highest BCUT2D eigenvalue weighted by Crippen LogP contribution is 2.37. The van der Waals surface area contributed by atoms with Crippen LogP contribution in [0.2, 0.25) is 0 Å². The van der Waals surface area contributed by atoms with E-state index in [1.807, 2.05) is 13.8 Å². The Kier molecular flexibility index (Phi) is 4.82. The van der Waals surface area contributed by atoms with Gasteiger partial charge in [0.25, 0.3) is 0 Å². The van der Waals surface area contributed by atoms with Gasteiger partial charge in [0.15, 0.2) is 10.3 Å². The average molecular weight is 425 g/mol. The molecule has 0 saturated carbocycles. The summed E-state index contributed by atoms with van der Waals surface area (Å²) in [6.45, 7) is 3.93. The summed E-state index contributed by atoms with van der Waals surface area (Å²) < 4.78 is 0. The zero-order chi connectivity index (χ0) is 18.3. The summed E-state index contributed by atoms with van der Waals surface area (Å²) in [5, 5.41) is 7.73. The van der Waals surface area contributed by atoms with Crippen LogP contribution in [-0.2, 0) is 9.59 Å². The number of amidine groups is 2. The van der Waals surface area contributed by atoms with Crippen molar-refractivity contribution in [2.24, 2.45) is 9.98 Å². The number of aryl methyl sites for hydroxylation is 2. The topological polar surface area (TPSA) is 109 Å². The van der Waals surface area contributed by atoms with E-state index in [0.717, 1.165) is 21.1 Å². The monoisotopic (exact) mass is 424 g/mol. The Morgan fingerprint density at radius 2 is 1.23 bits per heavy atom. The minimum absolute atomic E-state index is 0.0433. The molecule has 4 rings (SSSR count). The van der Waals surface area contributed by atoms with Crippen LogP contribution in [-0.4, -0.2) is 43.6 Å². The van der Waals surface area contributed by atoms with Crippen LogP contribution in [0.4, 0.5) is 10.3 Å². The number of nitrogens with zero attached hydrogens (tertiary/aromatic N) is 4. The molecule has 0 radical (unpaired) electrons. The van der Waals surface area contributed by atoms with E-state index >= 15 is 0 Å². The van der Waals surface area contributed by atoms with Gasteiger partial charge < -0.3 is 10.6 Å². The molecule has 0 bridgehead atoms. The Balaban J connectivity index is 1.62. The molecule has 12 heteroatoms. The van der Waals surface area contributed by atoms with Crippen molar-refractivity contribution in [2.75, 3.05) is 11.5 Å². The molecule has 0 atom stereocenters. The second kappa shape index (κ2) is 7.10. The number of hydrogen-bond donors (Lipinski definition) is 2. The van der Waals surface area contributed by atoms with Gasteiger partial charge in [-0.15, -0.1) is 0 Å². The molecular weight excluding hydrogens is 412 g/mol. The molecule has 2 aromatic heterocycles. The van der Waals surface area contributed by atoms with Crippen LogP contribution in [0.25, 0.3) is 11.4 Å². The van der Waals surface area contributed by atoms with Crippen molar-refractivity contribution in [3.05, 3.63) is 9.75 Å². The van der Waals surface area contributed by atoms with E-state index in [0.29, 0.717) is 32.1 Å². The second-order valence-corrected chi connectivity index (χ2v) is 9.60. The van der Waals surface area contributed by atoms with Crippen molar-refractivity contribution in [1.82, 2.24) is 20.6 Å². The normalized spacial score (nSPS) is 20.2. The van der Waals surface area contributed by atoms with E-state index < -0.39 is 0 Å². The Morgan fingerprint density at radius 1 is 0.808 bits per heavy atom. The second-order valence-electron chi connectivity index (χ2n) is 5.31. The Morgan fingerprint density at radius 3 is 1.58 bits per heavy atom. The van der Waals surface area contributed by atoms with E-state index in [1.165, 1.54) is 46.2 Å². The third kappa shape index (κ3) is 3.68. The first kappa shape index (κ1) is 17.6.